The summed E-state index contributed by atoms with van der Waals surface area (Å²) in [6.07, 6.45) is 0.0170. The van der Waals surface area contributed by atoms with Crippen LogP contribution in [0.25, 0.3) is 0 Å². The summed E-state index contributed by atoms with van der Waals surface area (Å²) in [5.74, 6) is -0.0724. The van der Waals surface area contributed by atoms with Crippen LogP contribution in [0.15, 0.2) is 0 Å². The fourth-order valence-corrected chi connectivity index (χ4v) is 2.07. The van der Waals surface area contributed by atoms with Gasteiger partial charge < -0.3 is 19.5 Å². The third-order valence-electron chi connectivity index (χ3n) is 2.68. The van der Waals surface area contributed by atoms with Crippen LogP contribution in [0.2, 0.25) is 0 Å². The molecule has 3 saturated heterocycles. The van der Waals surface area contributed by atoms with E-state index in [9.17, 15) is 4.79 Å². The summed E-state index contributed by atoms with van der Waals surface area (Å²) in [5.41, 5.74) is 0. The molecule has 3 aliphatic heterocycles. The van der Waals surface area contributed by atoms with Crippen LogP contribution >= 0.6 is 0 Å². The van der Waals surface area contributed by atoms with Gasteiger partial charge in [0.15, 0.2) is 6.29 Å². The van der Waals surface area contributed by atoms with Crippen LogP contribution in [0.3, 0.4) is 0 Å². The maximum Gasteiger partial charge on any atom is 0.217 e. The molecule has 0 saturated carbocycles. The second-order valence-corrected chi connectivity index (χ2v) is 3.67. The maximum absolute atomic E-state index is 10.9. The quantitative estimate of drug-likeness (QED) is 0.533. The van der Waals surface area contributed by atoms with Crippen molar-refractivity contribution < 1.29 is 19.0 Å². The Labute approximate surface area is 75.3 Å². The summed E-state index contributed by atoms with van der Waals surface area (Å²) < 4.78 is 16.3. The van der Waals surface area contributed by atoms with E-state index < -0.39 is 0 Å². The summed E-state index contributed by atoms with van der Waals surface area (Å²) in [4.78, 5) is 10.9. The molecule has 1 amide bonds. The molecule has 5 heteroatoms. The standard InChI is InChI=1S/C8H11NO4/c1-3(10)9-5-7-6(13-7)4-2-11-8(5)12-4/h4-8H,2H2,1H3,(H,9,10)/t4-,5+,6+,7-,8-/m1/s1. The first-order valence-electron chi connectivity index (χ1n) is 4.45. The lowest BCUT2D eigenvalue weighted by molar-refractivity contribution is -0.128. The molecule has 0 unspecified atom stereocenters. The van der Waals surface area contributed by atoms with Crippen LogP contribution in [0.1, 0.15) is 6.92 Å². The van der Waals surface area contributed by atoms with Gasteiger partial charge >= 0.3 is 0 Å². The lowest BCUT2D eigenvalue weighted by Crippen LogP contribution is -2.50. The molecule has 0 aromatic rings. The highest BCUT2D eigenvalue weighted by atomic mass is 16.8. The van der Waals surface area contributed by atoms with Gasteiger partial charge in [0.05, 0.1) is 6.61 Å². The van der Waals surface area contributed by atoms with Crippen molar-refractivity contribution in [2.75, 3.05) is 6.61 Å². The van der Waals surface area contributed by atoms with E-state index >= 15 is 0 Å². The van der Waals surface area contributed by atoms with Gasteiger partial charge in [-0.1, -0.05) is 0 Å². The minimum atomic E-state index is -0.308. The molecule has 0 aromatic carbocycles. The highest BCUT2D eigenvalue weighted by Crippen LogP contribution is 2.41. The van der Waals surface area contributed by atoms with E-state index in [1.807, 2.05) is 0 Å². The van der Waals surface area contributed by atoms with Crippen molar-refractivity contribution in [1.29, 1.82) is 0 Å². The summed E-state index contributed by atoms with van der Waals surface area (Å²) in [5, 5.41) is 2.79. The van der Waals surface area contributed by atoms with E-state index in [-0.39, 0.29) is 36.6 Å². The maximum atomic E-state index is 10.9. The molecule has 2 bridgehead atoms. The minimum absolute atomic E-state index is 0.0724. The van der Waals surface area contributed by atoms with Crippen LogP contribution in [0.5, 0.6) is 0 Å². The number of carbonyl (C=O) groups excluding carboxylic acids is 1. The molecule has 0 radical (unpaired) electrons. The van der Waals surface area contributed by atoms with Crippen molar-refractivity contribution in [2.45, 2.75) is 37.6 Å². The fourth-order valence-electron chi connectivity index (χ4n) is 2.07. The Morgan fingerprint density at radius 3 is 3.00 bits per heavy atom. The number of amides is 1. The van der Waals surface area contributed by atoms with E-state index in [1.165, 1.54) is 6.92 Å². The smallest absolute Gasteiger partial charge is 0.217 e. The number of rotatable bonds is 1. The van der Waals surface area contributed by atoms with Crippen LogP contribution in [-0.4, -0.2) is 43.2 Å². The monoisotopic (exact) mass is 185 g/mol. The van der Waals surface area contributed by atoms with Gasteiger partial charge in [0.25, 0.3) is 0 Å². The van der Waals surface area contributed by atoms with E-state index in [1.54, 1.807) is 0 Å². The molecule has 0 spiro atoms. The summed E-state index contributed by atoms with van der Waals surface area (Å²) in [6, 6.07) is -0.124. The average Bonchev–Trinajstić information content (AvgIpc) is 2.74. The molecular weight excluding hydrogens is 174 g/mol. The second-order valence-electron chi connectivity index (χ2n) is 3.67. The molecule has 5 nitrogen and oxygen atoms in total. The average molecular weight is 185 g/mol. The minimum Gasteiger partial charge on any atom is -0.364 e. The topological polar surface area (TPSA) is 60.1 Å². The Kier molecular flexibility index (Phi) is 1.45. The zero-order chi connectivity index (χ0) is 9.00. The van der Waals surface area contributed by atoms with E-state index in [4.69, 9.17) is 14.2 Å². The number of fused-ring (bicyclic) bond motifs is 4. The first kappa shape index (κ1) is 7.73. The molecule has 72 valence electrons. The van der Waals surface area contributed by atoms with E-state index in [2.05, 4.69) is 5.32 Å². The zero-order valence-corrected chi connectivity index (χ0v) is 7.23. The molecule has 0 aromatic heterocycles. The largest absolute Gasteiger partial charge is 0.364 e. The SMILES string of the molecule is CC(=O)N[C@@H]1[C@@H]2OC[C@@H](O2)[C@@H]2O[C@H]12. The van der Waals surface area contributed by atoms with Gasteiger partial charge in [0, 0.05) is 6.92 Å². The van der Waals surface area contributed by atoms with Gasteiger partial charge in [-0.2, -0.15) is 0 Å². The van der Waals surface area contributed by atoms with Crippen molar-refractivity contribution in [3.63, 3.8) is 0 Å². The molecule has 3 heterocycles. The molecular formula is C8H11NO4. The first-order chi connectivity index (χ1) is 6.25. The third kappa shape index (κ3) is 1.08. The molecule has 1 N–H and O–H groups in total. The van der Waals surface area contributed by atoms with Crippen molar-refractivity contribution in [3.8, 4) is 0 Å². The highest BCUT2D eigenvalue weighted by Gasteiger charge is 2.61. The second kappa shape index (κ2) is 2.43. The highest BCUT2D eigenvalue weighted by molar-refractivity contribution is 5.73. The van der Waals surface area contributed by atoms with E-state index in [0.29, 0.717) is 6.61 Å². The zero-order valence-electron chi connectivity index (χ0n) is 7.23. The summed E-state index contributed by atoms with van der Waals surface area (Å²) in [6.45, 7) is 2.07. The van der Waals surface area contributed by atoms with Crippen molar-refractivity contribution in [2.24, 2.45) is 0 Å². The Balaban J connectivity index is 1.76. The van der Waals surface area contributed by atoms with Crippen molar-refractivity contribution >= 4 is 5.91 Å². The van der Waals surface area contributed by atoms with Crippen molar-refractivity contribution in [1.82, 2.24) is 5.32 Å². The lowest BCUT2D eigenvalue weighted by atomic mass is 10.1. The van der Waals surface area contributed by atoms with Gasteiger partial charge in [-0.25, -0.2) is 0 Å². The summed E-state index contributed by atoms with van der Waals surface area (Å²) in [7, 11) is 0. The van der Waals surface area contributed by atoms with Crippen molar-refractivity contribution in [3.05, 3.63) is 0 Å². The Morgan fingerprint density at radius 2 is 2.23 bits per heavy atom. The van der Waals surface area contributed by atoms with Gasteiger partial charge in [-0.3, -0.25) is 4.79 Å². The number of nitrogens with one attached hydrogen (secondary N) is 1. The van der Waals surface area contributed by atoms with Gasteiger partial charge in [0.1, 0.15) is 24.4 Å². The lowest BCUT2D eigenvalue weighted by Gasteiger charge is -2.24. The molecule has 3 aliphatic rings. The number of epoxide rings is 1. The van der Waals surface area contributed by atoms with E-state index in [0.717, 1.165) is 0 Å². The fraction of sp³-hybridized carbons (Fsp3) is 0.875. The van der Waals surface area contributed by atoms with Gasteiger partial charge in [-0.15, -0.1) is 0 Å². The van der Waals surface area contributed by atoms with Gasteiger partial charge in [-0.05, 0) is 0 Å². The van der Waals surface area contributed by atoms with Crippen LogP contribution in [-0.2, 0) is 19.0 Å². The number of hydrogen-bond donors (Lipinski definition) is 1. The summed E-state index contributed by atoms with van der Waals surface area (Å²) >= 11 is 0. The third-order valence-corrected chi connectivity index (χ3v) is 2.68. The molecule has 13 heavy (non-hydrogen) atoms. The first-order valence-corrected chi connectivity index (χ1v) is 4.45. The Hall–Kier alpha value is -0.650. The number of ether oxygens (including phenoxy) is 3. The molecule has 0 aliphatic carbocycles. The van der Waals surface area contributed by atoms with Gasteiger partial charge in [0.2, 0.25) is 5.91 Å². The van der Waals surface area contributed by atoms with Crippen LogP contribution in [0, 0.1) is 0 Å². The normalized spacial score (nSPS) is 51.3. The molecule has 5 atom stereocenters. The van der Waals surface area contributed by atoms with Crippen LogP contribution < -0.4 is 5.32 Å². The van der Waals surface area contributed by atoms with Crippen LogP contribution in [0.4, 0.5) is 0 Å². The predicted molar refractivity (Wildman–Crippen MR) is 40.9 cm³/mol. The molecule has 3 fully saturated rings. The number of hydrogen-bond acceptors (Lipinski definition) is 4. The predicted octanol–water partition coefficient (Wildman–Crippen LogP) is -0.986. The number of carbonyl (C=O) groups is 1. The molecule has 3 rings (SSSR count). The Morgan fingerprint density at radius 1 is 1.38 bits per heavy atom. The Bertz CT molecular complexity index is 257.